The Bertz CT molecular complexity index is 797. The number of benzene rings is 1. The molecular weight excluding hydrogens is 306 g/mol. The normalized spacial score (nSPS) is 26.0. The molecule has 3 heterocycles. The zero-order valence-electron chi connectivity index (χ0n) is 13.9. The van der Waals surface area contributed by atoms with Gasteiger partial charge in [0.15, 0.2) is 5.58 Å². The average Bonchev–Trinajstić information content (AvgIpc) is 3.09. The van der Waals surface area contributed by atoms with E-state index < -0.39 is 5.76 Å². The Kier molecular flexibility index (Phi) is 3.92. The first-order valence-electron chi connectivity index (χ1n) is 8.72. The van der Waals surface area contributed by atoms with Gasteiger partial charge < -0.3 is 14.6 Å². The summed E-state index contributed by atoms with van der Waals surface area (Å²) in [6, 6.07) is 8.75. The van der Waals surface area contributed by atoms with Crippen molar-refractivity contribution in [1.82, 2.24) is 14.8 Å². The molecule has 2 bridgehead atoms. The van der Waals surface area contributed by atoms with Crippen LogP contribution in [0.5, 0.6) is 0 Å². The Morgan fingerprint density at radius 2 is 2.00 bits per heavy atom. The molecule has 1 N–H and O–H groups in total. The van der Waals surface area contributed by atoms with E-state index in [4.69, 9.17) is 4.42 Å². The number of amides is 1. The van der Waals surface area contributed by atoms with Crippen LogP contribution in [-0.4, -0.2) is 40.5 Å². The molecule has 0 radical (unpaired) electrons. The summed E-state index contributed by atoms with van der Waals surface area (Å²) in [4.78, 5) is 26.4. The predicted molar refractivity (Wildman–Crippen MR) is 90.8 cm³/mol. The van der Waals surface area contributed by atoms with E-state index in [-0.39, 0.29) is 5.91 Å². The van der Waals surface area contributed by atoms with Gasteiger partial charge in [-0.05, 0) is 37.8 Å². The molecule has 128 valence electrons. The Hall–Kier alpha value is -2.08. The molecule has 6 heteroatoms. The average molecular weight is 329 g/mol. The monoisotopic (exact) mass is 329 g/mol. The molecule has 2 aliphatic rings. The molecule has 1 aromatic heterocycles. The largest absolute Gasteiger partial charge is 0.419 e. The number of piperidine rings is 1. The van der Waals surface area contributed by atoms with Crippen molar-refractivity contribution in [3.8, 4) is 0 Å². The number of hydrogen-bond acceptors (Lipinski definition) is 4. The summed E-state index contributed by atoms with van der Waals surface area (Å²) in [5.41, 5.74) is 1.32. The molecule has 1 aromatic carbocycles. The van der Waals surface area contributed by atoms with Gasteiger partial charge in [0, 0.05) is 38.1 Å². The van der Waals surface area contributed by atoms with Crippen LogP contribution < -0.4 is 11.1 Å². The number of rotatable bonds is 4. The van der Waals surface area contributed by atoms with Crippen LogP contribution in [0.4, 0.5) is 0 Å². The summed E-state index contributed by atoms with van der Waals surface area (Å²) >= 11 is 0. The van der Waals surface area contributed by atoms with Gasteiger partial charge in [0.1, 0.15) is 0 Å². The van der Waals surface area contributed by atoms with Gasteiger partial charge in [0.2, 0.25) is 5.91 Å². The summed E-state index contributed by atoms with van der Waals surface area (Å²) in [6.07, 6.45) is 4.83. The Morgan fingerprint density at radius 3 is 2.75 bits per heavy atom. The SMILES string of the molecule is CN(C(=O)CCn1c(=O)oc2ccccc21)C1CC2CCC(C1)N2. The summed E-state index contributed by atoms with van der Waals surface area (Å²) in [6.45, 7) is 0.358. The number of aryl methyl sites for hydroxylation is 1. The van der Waals surface area contributed by atoms with E-state index in [0.717, 1.165) is 18.4 Å². The van der Waals surface area contributed by atoms with E-state index in [1.54, 1.807) is 10.6 Å². The maximum atomic E-state index is 12.6. The topological polar surface area (TPSA) is 67.5 Å². The lowest BCUT2D eigenvalue weighted by Crippen LogP contribution is -2.48. The number of oxazole rings is 1. The number of carbonyl (C=O) groups is 1. The Labute approximate surface area is 140 Å². The van der Waals surface area contributed by atoms with E-state index >= 15 is 0 Å². The molecule has 2 aliphatic heterocycles. The number of fused-ring (bicyclic) bond motifs is 3. The van der Waals surface area contributed by atoms with Crippen molar-refractivity contribution in [3.05, 3.63) is 34.8 Å². The predicted octanol–water partition coefficient (Wildman–Crippen LogP) is 1.73. The van der Waals surface area contributed by atoms with Crippen LogP contribution in [-0.2, 0) is 11.3 Å². The second-order valence-corrected chi connectivity index (χ2v) is 7.01. The molecule has 2 saturated heterocycles. The maximum Gasteiger partial charge on any atom is 0.419 e. The third-order valence-electron chi connectivity index (χ3n) is 5.51. The number of para-hydroxylation sites is 2. The van der Waals surface area contributed by atoms with Crippen LogP contribution in [0.2, 0.25) is 0 Å². The first-order chi connectivity index (χ1) is 11.6. The van der Waals surface area contributed by atoms with Gasteiger partial charge in [0.25, 0.3) is 0 Å². The van der Waals surface area contributed by atoms with Crippen molar-refractivity contribution >= 4 is 17.0 Å². The third kappa shape index (κ3) is 2.75. The molecule has 0 spiro atoms. The van der Waals surface area contributed by atoms with E-state index in [9.17, 15) is 9.59 Å². The van der Waals surface area contributed by atoms with Crippen LogP contribution in [0.25, 0.3) is 11.1 Å². The van der Waals surface area contributed by atoms with Crippen LogP contribution >= 0.6 is 0 Å². The van der Waals surface area contributed by atoms with Gasteiger partial charge in [-0.2, -0.15) is 0 Å². The maximum absolute atomic E-state index is 12.6. The van der Waals surface area contributed by atoms with Crippen LogP contribution in [0.1, 0.15) is 32.1 Å². The summed E-state index contributed by atoms with van der Waals surface area (Å²) in [5.74, 6) is -0.301. The first kappa shape index (κ1) is 15.4. The molecule has 0 saturated carbocycles. The van der Waals surface area contributed by atoms with Crippen molar-refractivity contribution in [1.29, 1.82) is 0 Å². The molecule has 6 nitrogen and oxygen atoms in total. The fourth-order valence-corrected chi connectivity index (χ4v) is 4.16. The van der Waals surface area contributed by atoms with Crippen molar-refractivity contribution in [2.24, 2.45) is 0 Å². The van der Waals surface area contributed by atoms with Gasteiger partial charge >= 0.3 is 5.76 Å². The molecule has 24 heavy (non-hydrogen) atoms. The summed E-state index contributed by atoms with van der Waals surface area (Å²) < 4.78 is 6.77. The van der Waals surface area contributed by atoms with E-state index in [0.29, 0.717) is 36.7 Å². The Morgan fingerprint density at radius 1 is 1.29 bits per heavy atom. The minimum atomic E-state index is -0.397. The van der Waals surface area contributed by atoms with Gasteiger partial charge in [0.05, 0.1) is 5.52 Å². The Balaban J connectivity index is 1.42. The highest BCUT2D eigenvalue weighted by atomic mass is 16.4. The lowest BCUT2D eigenvalue weighted by molar-refractivity contribution is -0.132. The minimum absolute atomic E-state index is 0.0958. The molecule has 2 atom stereocenters. The van der Waals surface area contributed by atoms with E-state index in [1.807, 2.05) is 30.1 Å². The summed E-state index contributed by atoms with van der Waals surface area (Å²) in [7, 11) is 1.90. The molecule has 0 aliphatic carbocycles. The van der Waals surface area contributed by atoms with Crippen molar-refractivity contribution in [3.63, 3.8) is 0 Å². The smallest absolute Gasteiger partial charge is 0.408 e. The van der Waals surface area contributed by atoms with Crippen LogP contribution in [0.3, 0.4) is 0 Å². The number of nitrogens with one attached hydrogen (secondary N) is 1. The first-order valence-corrected chi connectivity index (χ1v) is 8.72. The highest BCUT2D eigenvalue weighted by molar-refractivity contribution is 5.77. The molecule has 2 aromatic rings. The number of nitrogens with zero attached hydrogens (tertiary/aromatic N) is 2. The summed E-state index contributed by atoms with van der Waals surface area (Å²) in [5, 5.41) is 3.60. The molecule has 2 fully saturated rings. The molecular formula is C18H23N3O3. The number of carbonyl (C=O) groups excluding carboxylic acids is 1. The minimum Gasteiger partial charge on any atom is -0.408 e. The van der Waals surface area contributed by atoms with Crippen molar-refractivity contribution in [2.45, 2.75) is 56.8 Å². The lowest BCUT2D eigenvalue weighted by atomic mass is 9.98. The highest BCUT2D eigenvalue weighted by Gasteiger charge is 2.36. The van der Waals surface area contributed by atoms with Gasteiger partial charge in [-0.3, -0.25) is 9.36 Å². The van der Waals surface area contributed by atoms with Crippen molar-refractivity contribution < 1.29 is 9.21 Å². The van der Waals surface area contributed by atoms with Gasteiger partial charge in [-0.15, -0.1) is 0 Å². The number of hydrogen-bond donors (Lipinski definition) is 1. The van der Waals surface area contributed by atoms with E-state index in [2.05, 4.69) is 5.32 Å². The van der Waals surface area contributed by atoms with Gasteiger partial charge in [-0.25, -0.2) is 4.79 Å². The number of aromatic nitrogens is 1. The lowest BCUT2D eigenvalue weighted by Gasteiger charge is -2.35. The third-order valence-corrected chi connectivity index (χ3v) is 5.51. The second-order valence-electron chi connectivity index (χ2n) is 7.01. The zero-order chi connectivity index (χ0) is 16.7. The quantitative estimate of drug-likeness (QED) is 0.927. The van der Waals surface area contributed by atoms with E-state index in [1.165, 1.54) is 12.8 Å². The van der Waals surface area contributed by atoms with Crippen LogP contribution in [0, 0.1) is 0 Å². The van der Waals surface area contributed by atoms with Crippen LogP contribution in [0.15, 0.2) is 33.5 Å². The highest BCUT2D eigenvalue weighted by Crippen LogP contribution is 2.29. The fraction of sp³-hybridized carbons (Fsp3) is 0.556. The standard InChI is InChI=1S/C18H23N3O3/c1-20(14-10-12-6-7-13(11-14)19-12)17(22)8-9-21-15-4-2-3-5-16(15)24-18(21)23/h2-5,12-14,19H,6-11H2,1H3. The van der Waals surface area contributed by atoms with Gasteiger partial charge in [-0.1, -0.05) is 12.1 Å². The second kappa shape index (κ2) is 6.09. The molecule has 4 rings (SSSR count). The zero-order valence-corrected chi connectivity index (χ0v) is 13.9. The molecule has 1 amide bonds. The van der Waals surface area contributed by atoms with Crippen molar-refractivity contribution in [2.75, 3.05) is 7.05 Å². The molecule has 2 unspecified atom stereocenters. The fourth-order valence-electron chi connectivity index (χ4n) is 4.16.